The van der Waals surface area contributed by atoms with E-state index in [0.717, 1.165) is 16.9 Å². The molecule has 0 aliphatic carbocycles. The molecule has 1 aliphatic rings. The summed E-state index contributed by atoms with van der Waals surface area (Å²) in [4.78, 5) is 26.7. The first-order chi connectivity index (χ1) is 8.52. The van der Waals surface area contributed by atoms with Gasteiger partial charge in [0.1, 0.15) is 0 Å². The number of rotatable bonds is 3. The highest BCUT2D eigenvalue weighted by atomic mass is 32.1. The number of thiophene rings is 1. The normalized spacial score (nSPS) is 19.2. The molecule has 2 rings (SSSR count). The first-order valence-electron chi connectivity index (χ1n) is 6.14. The molecular formula is C13H17NO3S. The fourth-order valence-electron chi connectivity index (χ4n) is 2.28. The number of aliphatic carboxylic acids is 1. The molecule has 0 spiro atoms. The smallest absolute Gasteiger partial charge is 0.308 e. The lowest BCUT2D eigenvalue weighted by molar-refractivity contribution is -0.141. The van der Waals surface area contributed by atoms with Gasteiger partial charge >= 0.3 is 5.97 Å². The molecule has 1 saturated heterocycles. The number of hydrogen-bond acceptors (Lipinski definition) is 3. The van der Waals surface area contributed by atoms with Crippen LogP contribution in [0.15, 0.2) is 6.07 Å². The van der Waals surface area contributed by atoms with E-state index in [1.54, 1.807) is 4.90 Å². The van der Waals surface area contributed by atoms with Gasteiger partial charge in [0.05, 0.1) is 10.8 Å². The van der Waals surface area contributed by atoms with Crippen LogP contribution < -0.4 is 0 Å². The van der Waals surface area contributed by atoms with E-state index >= 15 is 0 Å². The van der Waals surface area contributed by atoms with E-state index in [9.17, 15) is 9.59 Å². The van der Waals surface area contributed by atoms with E-state index in [1.165, 1.54) is 16.2 Å². The van der Waals surface area contributed by atoms with Crippen LogP contribution >= 0.6 is 11.3 Å². The van der Waals surface area contributed by atoms with Gasteiger partial charge in [-0.05, 0) is 31.4 Å². The standard InChI is InChI=1S/C13H17NO3S/c1-3-10-8(2)6-11(18-10)12(15)14-5-4-9(7-14)13(16)17/h6,9H,3-5,7H2,1-2H3,(H,16,17)/t9-/m1/s1. The van der Waals surface area contributed by atoms with Crippen LogP contribution in [-0.2, 0) is 11.2 Å². The number of nitrogens with zero attached hydrogens (tertiary/aromatic N) is 1. The predicted octanol–water partition coefficient (Wildman–Crippen LogP) is 2.17. The van der Waals surface area contributed by atoms with Crippen LogP contribution in [0.5, 0.6) is 0 Å². The largest absolute Gasteiger partial charge is 0.481 e. The van der Waals surface area contributed by atoms with Crippen molar-refractivity contribution in [3.05, 3.63) is 21.4 Å². The van der Waals surface area contributed by atoms with E-state index in [0.29, 0.717) is 19.5 Å². The minimum absolute atomic E-state index is 0.0217. The van der Waals surface area contributed by atoms with Gasteiger partial charge in [-0.1, -0.05) is 6.92 Å². The topological polar surface area (TPSA) is 57.6 Å². The quantitative estimate of drug-likeness (QED) is 0.913. The van der Waals surface area contributed by atoms with Gasteiger partial charge in [-0.2, -0.15) is 0 Å². The van der Waals surface area contributed by atoms with Crippen LogP contribution in [0.2, 0.25) is 0 Å². The Kier molecular flexibility index (Phi) is 3.71. The van der Waals surface area contributed by atoms with Crippen molar-refractivity contribution in [3.8, 4) is 0 Å². The van der Waals surface area contributed by atoms with Gasteiger partial charge in [-0.25, -0.2) is 0 Å². The van der Waals surface area contributed by atoms with Crippen LogP contribution in [0.4, 0.5) is 0 Å². The lowest BCUT2D eigenvalue weighted by Crippen LogP contribution is -2.29. The molecule has 98 valence electrons. The summed E-state index contributed by atoms with van der Waals surface area (Å²) < 4.78 is 0. The molecule has 1 aliphatic heterocycles. The molecule has 1 aromatic heterocycles. The molecule has 1 amide bonds. The second-order valence-corrected chi connectivity index (χ2v) is 5.78. The summed E-state index contributed by atoms with van der Waals surface area (Å²) in [7, 11) is 0. The van der Waals surface area contributed by atoms with Crippen molar-refractivity contribution in [3.63, 3.8) is 0 Å². The summed E-state index contributed by atoms with van der Waals surface area (Å²) in [6.45, 7) is 4.97. The highest BCUT2D eigenvalue weighted by Crippen LogP contribution is 2.26. The van der Waals surface area contributed by atoms with Crippen LogP contribution in [0, 0.1) is 12.8 Å². The van der Waals surface area contributed by atoms with Crippen molar-refractivity contribution in [2.24, 2.45) is 5.92 Å². The first-order valence-corrected chi connectivity index (χ1v) is 6.96. The molecule has 5 heteroatoms. The van der Waals surface area contributed by atoms with Gasteiger partial charge in [0.25, 0.3) is 5.91 Å². The van der Waals surface area contributed by atoms with Crippen LogP contribution in [-0.4, -0.2) is 35.0 Å². The molecule has 4 nitrogen and oxygen atoms in total. The van der Waals surface area contributed by atoms with E-state index in [1.807, 2.05) is 13.0 Å². The van der Waals surface area contributed by atoms with E-state index in [4.69, 9.17) is 5.11 Å². The van der Waals surface area contributed by atoms with E-state index in [2.05, 4.69) is 6.92 Å². The molecule has 18 heavy (non-hydrogen) atoms. The monoisotopic (exact) mass is 267 g/mol. The van der Waals surface area contributed by atoms with Gasteiger partial charge < -0.3 is 10.0 Å². The molecule has 1 aromatic rings. The maximum absolute atomic E-state index is 12.2. The molecule has 1 fully saturated rings. The number of aryl methyl sites for hydroxylation is 2. The molecule has 2 heterocycles. The van der Waals surface area contributed by atoms with Crippen molar-refractivity contribution in [2.45, 2.75) is 26.7 Å². The Labute approximate surface area is 110 Å². The highest BCUT2D eigenvalue weighted by Gasteiger charge is 2.31. The Bertz CT molecular complexity index is 481. The van der Waals surface area contributed by atoms with Crippen molar-refractivity contribution in [1.82, 2.24) is 4.90 Å². The summed E-state index contributed by atoms with van der Waals surface area (Å²) in [6, 6.07) is 1.92. The minimum atomic E-state index is -0.804. The maximum Gasteiger partial charge on any atom is 0.308 e. The van der Waals surface area contributed by atoms with Crippen molar-refractivity contribution >= 4 is 23.2 Å². The van der Waals surface area contributed by atoms with Gasteiger partial charge in [0.2, 0.25) is 0 Å². The van der Waals surface area contributed by atoms with Gasteiger partial charge in [0.15, 0.2) is 0 Å². The van der Waals surface area contributed by atoms with Gasteiger partial charge in [0, 0.05) is 18.0 Å². The van der Waals surface area contributed by atoms with Crippen molar-refractivity contribution in [2.75, 3.05) is 13.1 Å². The van der Waals surface area contributed by atoms with Gasteiger partial charge in [-0.15, -0.1) is 11.3 Å². The van der Waals surface area contributed by atoms with Crippen molar-refractivity contribution < 1.29 is 14.7 Å². The lowest BCUT2D eigenvalue weighted by Gasteiger charge is -2.14. The summed E-state index contributed by atoms with van der Waals surface area (Å²) in [5.41, 5.74) is 1.15. The summed E-state index contributed by atoms with van der Waals surface area (Å²) in [6.07, 6.45) is 1.49. The highest BCUT2D eigenvalue weighted by molar-refractivity contribution is 7.14. The summed E-state index contributed by atoms with van der Waals surface area (Å²) in [5.74, 6) is -1.23. The second-order valence-electron chi connectivity index (χ2n) is 4.65. The number of hydrogen-bond donors (Lipinski definition) is 1. The third kappa shape index (κ3) is 2.41. The predicted molar refractivity (Wildman–Crippen MR) is 70.1 cm³/mol. The average molecular weight is 267 g/mol. The average Bonchev–Trinajstić information content (AvgIpc) is 2.94. The summed E-state index contributed by atoms with van der Waals surface area (Å²) in [5, 5.41) is 8.93. The number of carboxylic acids is 1. The summed E-state index contributed by atoms with van der Waals surface area (Å²) >= 11 is 1.53. The lowest BCUT2D eigenvalue weighted by atomic mass is 10.1. The molecule has 0 radical (unpaired) electrons. The Hall–Kier alpha value is -1.36. The Morgan fingerprint density at radius 2 is 2.28 bits per heavy atom. The Morgan fingerprint density at radius 1 is 1.56 bits per heavy atom. The molecular weight excluding hydrogens is 250 g/mol. The number of carboxylic acid groups (broad SMARTS) is 1. The Morgan fingerprint density at radius 3 is 2.78 bits per heavy atom. The molecule has 0 aromatic carbocycles. The third-order valence-electron chi connectivity index (χ3n) is 3.38. The molecule has 1 atom stereocenters. The van der Waals surface area contributed by atoms with E-state index in [-0.39, 0.29) is 5.91 Å². The van der Waals surface area contributed by atoms with Gasteiger partial charge in [-0.3, -0.25) is 9.59 Å². The SMILES string of the molecule is CCc1sc(C(=O)N2CC[C@@H](C(=O)O)C2)cc1C. The van der Waals surface area contributed by atoms with E-state index < -0.39 is 11.9 Å². The number of carbonyl (C=O) groups excluding carboxylic acids is 1. The minimum Gasteiger partial charge on any atom is -0.481 e. The van der Waals surface area contributed by atoms with Crippen LogP contribution in [0.3, 0.4) is 0 Å². The zero-order valence-corrected chi connectivity index (χ0v) is 11.4. The molecule has 0 bridgehead atoms. The number of carbonyl (C=O) groups is 2. The molecule has 1 N–H and O–H groups in total. The number of likely N-dealkylation sites (tertiary alicyclic amines) is 1. The fraction of sp³-hybridized carbons (Fsp3) is 0.538. The zero-order chi connectivity index (χ0) is 13.3. The van der Waals surface area contributed by atoms with Crippen LogP contribution in [0.1, 0.15) is 33.5 Å². The number of amides is 1. The maximum atomic E-state index is 12.2. The first kappa shape index (κ1) is 13.1. The van der Waals surface area contributed by atoms with Crippen LogP contribution in [0.25, 0.3) is 0 Å². The third-order valence-corrected chi connectivity index (χ3v) is 4.75. The molecule has 0 saturated carbocycles. The molecule has 0 unspecified atom stereocenters. The second kappa shape index (κ2) is 5.10. The van der Waals surface area contributed by atoms with Crippen molar-refractivity contribution in [1.29, 1.82) is 0 Å². The fourth-order valence-corrected chi connectivity index (χ4v) is 3.36. The zero-order valence-electron chi connectivity index (χ0n) is 10.6. The Balaban J connectivity index is 2.10.